The van der Waals surface area contributed by atoms with E-state index in [1.807, 2.05) is 0 Å². The monoisotopic (exact) mass is 344 g/mol. The zero-order valence-corrected chi connectivity index (χ0v) is 11.8. The average Bonchev–Trinajstić information content (AvgIpc) is 2.90. The molecular formula is C10H13BrN6O3. The average molecular weight is 345 g/mol. The summed E-state index contributed by atoms with van der Waals surface area (Å²) < 4.78 is 7.34. The van der Waals surface area contributed by atoms with Crippen molar-refractivity contribution >= 4 is 32.8 Å². The van der Waals surface area contributed by atoms with Crippen molar-refractivity contribution in [1.29, 1.82) is 0 Å². The normalized spacial score (nSPS) is 30.2. The number of ether oxygens (including phenoxy) is 1. The summed E-state index contributed by atoms with van der Waals surface area (Å²) in [6.07, 6.45) is -2.49. The summed E-state index contributed by atoms with van der Waals surface area (Å²) in [6, 6.07) is 0. The van der Waals surface area contributed by atoms with Gasteiger partial charge in [0.05, 0.1) is 5.39 Å². The summed E-state index contributed by atoms with van der Waals surface area (Å²) in [5.74, 6) is 0.261. The molecule has 20 heavy (non-hydrogen) atoms. The van der Waals surface area contributed by atoms with E-state index in [1.54, 1.807) is 0 Å². The van der Waals surface area contributed by atoms with Gasteiger partial charge in [0.1, 0.15) is 35.1 Å². The fraction of sp³-hybridized carbons (Fsp3) is 0.500. The van der Waals surface area contributed by atoms with Crippen molar-refractivity contribution in [2.24, 2.45) is 5.73 Å². The van der Waals surface area contributed by atoms with Crippen LogP contribution in [-0.2, 0) is 4.74 Å². The first-order chi connectivity index (χ1) is 9.54. The minimum absolute atomic E-state index is 0.0895. The Hall–Kier alpha value is -1.33. The number of halogens is 1. The number of aromatic nitrogens is 4. The third-order valence-electron chi connectivity index (χ3n) is 3.29. The number of rotatable bonds is 2. The summed E-state index contributed by atoms with van der Waals surface area (Å²) in [5.41, 5.74) is 11.7. The first kappa shape index (κ1) is 13.6. The van der Waals surface area contributed by atoms with Gasteiger partial charge in [-0.3, -0.25) is 0 Å². The van der Waals surface area contributed by atoms with E-state index in [1.165, 1.54) is 11.0 Å². The number of nitrogens with two attached hydrogens (primary N) is 2. The van der Waals surface area contributed by atoms with Crippen LogP contribution in [0, 0.1) is 0 Å². The van der Waals surface area contributed by atoms with Crippen LogP contribution in [-0.4, -0.2) is 54.8 Å². The number of anilines is 1. The summed E-state index contributed by atoms with van der Waals surface area (Å²) in [4.78, 5) is 7.98. The predicted octanol–water partition coefficient (Wildman–Crippen LogP) is -1.25. The van der Waals surface area contributed by atoms with Gasteiger partial charge < -0.3 is 26.4 Å². The lowest BCUT2D eigenvalue weighted by Gasteiger charge is -2.15. The SMILES string of the molecule is NC[C@H]1O[C@@H](n2nc(Br)c3c(N)ncnc32)[C@@H](O)[C@H]1O. The van der Waals surface area contributed by atoms with E-state index >= 15 is 0 Å². The third kappa shape index (κ3) is 1.88. The van der Waals surface area contributed by atoms with Crippen LogP contribution in [0.25, 0.3) is 11.0 Å². The Balaban J connectivity index is 2.10. The van der Waals surface area contributed by atoms with Crippen LogP contribution >= 0.6 is 15.9 Å². The maximum absolute atomic E-state index is 10.1. The van der Waals surface area contributed by atoms with Crippen molar-refractivity contribution in [3.8, 4) is 0 Å². The number of nitrogens with zero attached hydrogens (tertiary/aromatic N) is 4. The number of aliphatic hydroxyl groups is 2. The number of aliphatic hydroxyl groups excluding tert-OH is 2. The van der Waals surface area contributed by atoms with Gasteiger partial charge in [-0.05, 0) is 15.9 Å². The zero-order valence-electron chi connectivity index (χ0n) is 10.2. The van der Waals surface area contributed by atoms with Gasteiger partial charge in [-0.15, -0.1) is 0 Å². The van der Waals surface area contributed by atoms with Crippen LogP contribution in [0.4, 0.5) is 5.82 Å². The molecule has 108 valence electrons. The Kier molecular flexibility index (Phi) is 3.34. The molecule has 0 unspecified atom stereocenters. The fourth-order valence-corrected chi connectivity index (χ4v) is 2.81. The maximum Gasteiger partial charge on any atom is 0.181 e. The molecule has 6 N–H and O–H groups in total. The van der Waals surface area contributed by atoms with E-state index in [2.05, 4.69) is 31.0 Å². The topological polar surface area (TPSA) is 145 Å². The van der Waals surface area contributed by atoms with Gasteiger partial charge in [0.25, 0.3) is 0 Å². The van der Waals surface area contributed by atoms with Gasteiger partial charge in [0.2, 0.25) is 0 Å². The Bertz CT molecular complexity index is 649. The lowest BCUT2D eigenvalue weighted by Crippen LogP contribution is -2.35. The Labute approximate surface area is 121 Å². The molecule has 0 aliphatic carbocycles. The maximum atomic E-state index is 10.1. The van der Waals surface area contributed by atoms with Crippen molar-refractivity contribution in [2.45, 2.75) is 24.5 Å². The molecule has 3 rings (SSSR count). The molecule has 10 heteroatoms. The molecule has 0 spiro atoms. The molecule has 0 bridgehead atoms. The summed E-state index contributed by atoms with van der Waals surface area (Å²) in [6.45, 7) is 0.0895. The highest BCUT2D eigenvalue weighted by atomic mass is 79.9. The Morgan fingerprint density at radius 2 is 2.10 bits per heavy atom. The number of fused-ring (bicyclic) bond motifs is 1. The van der Waals surface area contributed by atoms with E-state index in [9.17, 15) is 10.2 Å². The van der Waals surface area contributed by atoms with Crippen LogP contribution < -0.4 is 11.5 Å². The molecule has 2 aromatic rings. The van der Waals surface area contributed by atoms with Crippen molar-refractivity contribution in [2.75, 3.05) is 12.3 Å². The third-order valence-corrected chi connectivity index (χ3v) is 3.84. The van der Waals surface area contributed by atoms with Crippen LogP contribution in [0.1, 0.15) is 6.23 Å². The van der Waals surface area contributed by atoms with E-state index < -0.39 is 24.5 Å². The highest BCUT2D eigenvalue weighted by molar-refractivity contribution is 9.10. The summed E-state index contributed by atoms with van der Waals surface area (Å²) in [5, 5.41) is 24.6. The van der Waals surface area contributed by atoms with Gasteiger partial charge in [0, 0.05) is 6.54 Å². The predicted molar refractivity (Wildman–Crippen MR) is 72.4 cm³/mol. The van der Waals surface area contributed by atoms with Gasteiger partial charge in [-0.1, -0.05) is 0 Å². The lowest BCUT2D eigenvalue weighted by atomic mass is 10.1. The number of nitrogen functional groups attached to an aromatic ring is 1. The molecule has 1 aliphatic rings. The molecule has 3 heterocycles. The van der Waals surface area contributed by atoms with Crippen LogP contribution in [0.2, 0.25) is 0 Å². The molecule has 1 saturated heterocycles. The zero-order chi connectivity index (χ0) is 14.4. The second kappa shape index (κ2) is 4.90. The van der Waals surface area contributed by atoms with E-state index in [0.717, 1.165) is 0 Å². The van der Waals surface area contributed by atoms with E-state index in [-0.39, 0.29) is 12.4 Å². The minimum Gasteiger partial charge on any atom is -0.387 e. The molecule has 0 saturated carbocycles. The lowest BCUT2D eigenvalue weighted by molar-refractivity contribution is -0.0395. The highest BCUT2D eigenvalue weighted by Gasteiger charge is 2.44. The van der Waals surface area contributed by atoms with E-state index in [0.29, 0.717) is 15.6 Å². The highest BCUT2D eigenvalue weighted by Crippen LogP contribution is 2.34. The smallest absolute Gasteiger partial charge is 0.181 e. The molecular weight excluding hydrogens is 332 g/mol. The molecule has 1 aliphatic heterocycles. The van der Waals surface area contributed by atoms with Crippen molar-refractivity contribution < 1.29 is 14.9 Å². The molecule has 0 radical (unpaired) electrons. The van der Waals surface area contributed by atoms with Crippen molar-refractivity contribution in [1.82, 2.24) is 19.7 Å². The first-order valence-corrected chi connectivity index (χ1v) is 6.69. The van der Waals surface area contributed by atoms with Gasteiger partial charge in [0.15, 0.2) is 11.9 Å². The Morgan fingerprint density at radius 3 is 2.75 bits per heavy atom. The molecule has 0 amide bonds. The van der Waals surface area contributed by atoms with Crippen LogP contribution in [0.3, 0.4) is 0 Å². The second-order valence-electron chi connectivity index (χ2n) is 4.47. The summed E-state index contributed by atoms with van der Waals surface area (Å²) >= 11 is 3.27. The molecule has 0 aromatic carbocycles. The van der Waals surface area contributed by atoms with Gasteiger partial charge in [-0.25, -0.2) is 14.6 Å². The fourth-order valence-electron chi connectivity index (χ4n) is 2.26. The number of hydrogen-bond donors (Lipinski definition) is 4. The van der Waals surface area contributed by atoms with E-state index in [4.69, 9.17) is 16.2 Å². The molecule has 1 fully saturated rings. The Morgan fingerprint density at radius 1 is 1.35 bits per heavy atom. The van der Waals surface area contributed by atoms with Crippen molar-refractivity contribution in [3.05, 3.63) is 10.9 Å². The minimum atomic E-state index is -1.16. The number of hydrogen-bond acceptors (Lipinski definition) is 8. The summed E-state index contributed by atoms with van der Waals surface area (Å²) in [7, 11) is 0. The van der Waals surface area contributed by atoms with Crippen LogP contribution in [0.15, 0.2) is 10.9 Å². The molecule has 4 atom stereocenters. The van der Waals surface area contributed by atoms with Crippen LogP contribution in [0.5, 0.6) is 0 Å². The second-order valence-corrected chi connectivity index (χ2v) is 5.23. The van der Waals surface area contributed by atoms with Crippen molar-refractivity contribution in [3.63, 3.8) is 0 Å². The first-order valence-electron chi connectivity index (χ1n) is 5.90. The van der Waals surface area contributed by atoms with Gasteiger partial charge >= 0.3 is 0 Å². The standard InChI is InChI=1S/C10H13BrN6O3/c11-7-4-8(13)14-2-15-9(4)17(16-7)10-6(19)5(18)3(1-12)20-10/h2-3,5-6,10,18-19H,1,12H2,(H2,13,14,15)/t3-,5+,6+,10-/m1/s1. The quantitative estimate of drug-likeness (QED) is 0.528. The van der Waals surface area contributed by atoms with Gasteiger partial charge in [-0.2, -0.15) is 5.10 Å². The molecule has 2 aromatic heterocycles. The molecule has 9 nitrogen and oxygen atoms in total. The largest absolute Gasteiger partial charge is 0.387 e.